The van der Waals surface area contributed by atoms with Gasteiger partial charge in [0.2, 0.25) is 0 Å². The first-order valence-electron chi connectivity index (χ1n) is 11.0. The van der Waals surface area contributed by atoms with Crippen LogP contribution in [0.5, 0.6) is 0 Å². The zero-order chi connectivity index (χ0) is 22.0. The molecule has 2 fully saturated rings. The molecule has 1 aliphatic carbocycles. The second-order valence-electron chi connectivity index (χ2n) is 8.31. The van der Waals surface area contributed by atoms with E-state index in [4.69, 9.17) is 4.74 Å². The maximum atomic E-state index is 13.2. The summed E-state index contributed by atoms with van der Waals surface area (Å²) in [5.41, 5.74) is 1.41. The molecule has 0 spiro atoms. The van der Waals surface area contributed by atoms with E-state index in [-0.39, 0.29) is 24.0 Å². The molecular formula is C23H29BrN4O3. The number of hydrogen-bond acceptors (Lipinski definition) is 4. The Morgan fingerprint density at radius 2 is 2.00 bits per heavy atom. The van der Waals surface area contributed by atoms with Crippen molar-refractivity contribution in [2.45, 2.75) is 44.8 Å². The van der Waals surface area contributed by atoms with Gasteiger partial charge in [0, 0.05) is 26.7 Å². The number of likely N-dealkylation sites (N-methyl/N-ethyl adjacent to an activating group) is 1. The molecule has 2 amide bonds. The van der Waals surface area contributed by atoms with Crippen molar-refractivity contribution in [2.24, 2.45) is 5.92 Å². The van der Waals surface area contributed by atoms with Crippen LogP contribution in [0.1, 0.15) is 43.0 Å². The molecule has 4 rings (SSSR count). The number of benzene rings is 1. The third-order valence-electron chi connectivity index (χ3n) is 6.46. The largest absolute Gasteiger partial charge is 0.368 e. The van der Waals surface area contributed by atoms with Crippen molar-refractivity contribution in [1.29, 1.82) is 0 Å². The minimum absolute atomic E-state index is 0.00225. The van der Waals surface area contributed by atoms with Crippen LogP contribution in [0.2, 0.25) is 0 Å². The Kier molecular flexibility index (Phi) is 6.77. The van der Waals surface area contributed by atoms with Gasteiger partial charge in [0.15, 0.2) is 0 Å². The number of carbonyl (C=O) groups excluding carboxylic acids is 2. The summed E-state index contributed by atoms with van der Waals surface area (Å²) in [6.07, 6.45) is 5.29. The third kappa shape index (κ3) is 4.41. The van der Waals surface area contributed by atoms with E-state index in [9.17, 15) is 9.59 Å². The fraction of sp³-hybridized carbons (Fsp3) is 0.522. The number of para-hydroxylation sites is 1. The van der Waals surface area contributed by atoms with Crippen LogP contribution >= 0.6 is 15.9 Å². The number of halogens is 1. The Labute approximate surface area is 191 Å². The molecule has 0 bridgehead atoms. The number of rotatable bonds is 7. The summed E-state index contributed by atoms with van der Waals surface area (Å²) < 4.78 is 8.15. The Hall–Kier alpha value is -2.19. The third-order valence-corrected chi connectivity index (χ3v) is 7.22. The van der Waals surface area contributed by atoms with E-state index >= 15 is 0 Å². The molecular weight excluding hydrogens is 460 g/mol. The number of likely N-dealkylation sites (tertiary alicyclic amines) is 1. The molecule has 1 aromatic heterocycles. The fourth-order valence-corrected chi connectivity index (χ4v) is 4.92. The van der Waals surface area contributed by atoms with Crippen LogP contribution in [0.25, 0.3) is 5.69 Å². The number of aromatic nitrogens is 2. The molecule has 31 heavy (non-hydrogen) atoms. The number of amides is 2. The molecule has 1 saturated carbocycles. The second kappa shape index (κ2) is 9.53. The van der Waals surface area contributed by atoms with Crippen molar-refractivity contribution >= 4 is 27.7 Å². The predicted molar refractivity (Wildman–Crippen MR) is 121 cm³/mol. The van der Waals surface area contributed by atoms with E-state index < -0.39 is 0 Å². The summed E-state index contributed by atoms with van der Waals surface area (Å²) in [5, 5.41) is 4.38. The summed E-state index contributed by atoms with van der Waals surface area (Å²) in [5.74, 6) is 0.301. The van der Waals surface area contributed by atoms with Gasteiger partial charge in [0.1, 0.15) is 10.7 Å². The first kappa shape index (κ1) is 22.0. The van der Waals surface area contributed by atoms with Crippen LogP contribution in [0.4, 0.5) is 0 Å². The molecule has 2 unspecified atom stereocenters. The maximum Gasteiger partial charge on any atom is 0.258 e. The van der Waals surface area contributed by atoms with E-state index in [1.807, 2.05) is 49.2 Å². The molecule has 166 valence electrons. The Balaban J connectivity index is 1.42. The molecule has 8 heteroatoms. The van der Waals surface area contributed by atoms with Crippen molar-refractivity contribution < 1.29 is 14.3 Å². The summed E-state index contributed by atoms with van der Waals surface area (Å²) >= 11 is 3.54. The van der Waals surface area contributed by atoms with Gasteiger partial charge in [0.25, 0.3) is 11.8 Å². The summed E-state index contributed by atoms with van der Waals surface area (Å²) in [6, 6.07) is 9.69. The number of ether oxygens (including phenoxy) is 1. The highest BCUT2D eigenvalue weighted by atomic mass is 79.9. The van der Waals surface area contributed by atoms with Gasteiger partial charge in [-0.15, -0.1) is 0 Å². The quantitative estimate of drug-likeness (QED) is 0.597. The highest BCUT2D eigenvalue weighted by molar-refractivity contribution is 9.10. The van der Waals surface area contributed by atoms with Gasteiger partial charge < -0.3 is 14.5 Å². The highest BCUT2D eigenvalue weighted by Gasteiger charge is 2.39. The van der Waals surface area contributed by atoms with E-state index in [0.29, 0.717) is 35.8 Å². The van der Waals surface area contributed by atoms with Gasteiger partial charge in [-0.1, -0.05) is 24.6 Å². The SMILES string of the molecule is CCOC(C(=O)N(C)C1CCN(C(=O)c2cnn(-c3ccccc3)c2Br)C1)C1CCC1. The van der Waals surface area contributed by atoms with Gasteiger partial charge >= 0.3 is 0 Å². The number of hydrogen-bond donors (Lipinski definition) is 0. The molecule has 2 aliphatic rings. The zero-order valence-corrected chi connectivity index (χ0v) is 19.6. The van der Waals surface area contributed by atoms with Crippen molar-refractivity contribution in [3.05, 3.63) is 46.7 Å². The normalized spacial score (nSPS) is 19.8. The molecule has 1 saturated heterocycles. The molecule has 2 aromatic rings. The minimum Gasteiger partial charge on any atom is -0.368 e. The molecule has 1 aliphatic heterocycles. The lowest BCUT2D eigenvalue weighted by Gasteiger charge is -2.36. The summed E-state index contributed by atoms with van der Waals surface area (Å²) in [7, 11) is 1.84. The van der Waals surface area contributed by atoms with E-state index in [0.717, 1.165) is 24.9 Å². The van der Waals surface area contributed by atoms with Crippen LogP contribution in [-0.4, -0.2) is 70.3 Å². The van der Waals surface area contributed by atoms with Gasteiger partial charge in [0.05, 0.1) is 23.5 Å². The topological polar surface area (TPSA) is 67.7 Å². The standard InChI is InChI=1S/C23H29BrN4O3/c1-3-31-20(16-8-7-9-16)23(30)26(2)18-12-13-27(15-18)22(29)19-14-25-28(21(19)24)17-10-5-4-6-11-17/h4-6,10-11,14,16,18,20H,3,7-9,12-13,15H2,1-2H3. The van der Waals surface area contributed by atoms with Crippen molar-refractivity contribution in [3.8, 4) is 5.69 Å². The predicted octanol–water partition coefficient (Wildman–Crippen LogP) is 3.51. The van der Waals surface area contributed by atoms with E-state index in [1.165, 1.54) is 6.42 Å². The lowest BCUT2D eigenvalue weighted by molar-refractivity contribution is -0.150. The lowest BCUT2D eigenvalue weighted by Crippen LogP contribution is -2.49. The molecule has 2 atom stereocenters. The Morgan fingerprint density at radius 3 is 2.65 bits per heavy atom. The number of nitrogens with zero attached hydrogens (tertiary/aromatic N) is 4. The molecule has 1 aromatic carbocycles. The summed E-state index contributed by atoms with van der Waals surface area (Å²) in [4.78, 5) is 29.9. The van der Waals surface area contributed by atoms with Gasteiger partial charge in [-0.2, -0.15) is 5.10 Å². The van der Waals surface area contributed by atoms with Gasteiger partial charge in [-0.05, 0) is 60.2 Å². The van der Waals surface area contributed by atoms with Crippen LogP contribution in [0.3, 0.4) is 0 Å². The van der Waals surface area contributed by atoms with E-state index in [1.54, 1.807) is 15.8 Å². The van der Waals surface area contributed by atoms with Crippen LogP contribution in [-0.2, 0) is 9.53 Å². The van der Waals surface area contributed by atoms with Crippen molar-refractivity contribution in [3.63, 3.8) is 0 Å². The van der Waals surface area contributed by atoms with E-state index in [2.05, 4.69) is 21.0 Å². The first-order chi connectivity index (χ1) is 15.0. The first-order valence-corrected chi connectivity index (χ1v) is 11.8. The smallest absolute Gasteiger partial charge is 0.258 e. The zero-order valence-electron chi connectivity index (χ0n) is 18.0. The maximum absolute atomic E-state index is 13.2. The average molecular weight is 489 g/mol. The molecule has 7 nitrogen and oxygen atoms in total. The molecule has 0 N–H and O–H groups in total. The van der Waals surface area contributed by atoms with Crippen molar-refractivity contribution in [2.75, 3.05) is 26.7 Å². The average Bonchev–Trinajstić information content (AvgIpc) is 3.38. The fourth-order valence-electron chi connectivity index (χ4n) is 4.35. The molecule has 2 heterocycles. The Morgan fingerprint density at radius 1 is 1.26 bits per heavy atom. The lowest BCUT2D eigenvalue weighted by atomic mass is 9.80. The summed E-state index contributed by atoms with van der Waals surface area (Å²) in [6.45, 7) is 3.61. The monoisotopic (exact) mass is 488 g/mol. The minimum atomic E-state index is -0.355. The molecule has 0 radical (unpaired) electrons. The van der Waals surface area contributed by atoms with Crippen LogP contribution in [0.15, 0.2) is 41.1 Å². The highest BCUT2D eigenvalue weighted by Crippen LogP contribution is 2.33. The van der Waals surface area contributed by atoms with Gasteiger partial charge in [-0.25, -0.2) is 4.68 Å². The van der Waals surface area contributed by atoms with Gasteiger partial charge in [-0.3, -0.25) is 9.59 Å². The Bertz CT molecular complexity index is 928. The van der Waals surface area contributed by atoms with Crippen LogP contribution in [0, 0.1) is 5.92 Å². The second-order valence-corrected chi connectivity index (χ2v) is 9.06. The number of carbonyl (C=O) groups is 2. The van der Waals surface area contributed by atoms with Crippen LogP contribution < -0.4 is 0 Å². The van der Waals surface area contributed by atoms with Crippen molar-refractivity contribution in [1.82, 2.24) is 19.6 Å².